The van der Waals surface area contributed by atoms with E-state index < -0.39 is 5.54 Å². The van der Waals surface area contributed by atoms with Gasteiger partial charge in [-0.1, -0.05) is 30.9 Å². The summed E-state index contributed by atoms with van der Waals surface area (Å²) in [4.78, 5) is 20.8. The zero-order valence-electron chi connectivity index (χ0n) is 16.6. The number of guanidine groups is 1. The summed E-state index contributed by atoms with van der Waals surface area (Å²) in [5, 5.41) is 0. The number of rotatable bonds is 3. The highest BCUT2D eigenvalue weighted by Gasteiger charge is 2.37. The molecule has 2 aliphatic rings. The Morgan fingerprint density at radius 2 is 2.14 bits per heavy atom. The average molecular weight is 392 g/mol. The number of aliphatic imine (C=N–C) groups is 1. The maximum Gasteiger partial charge on any atom is 0.231 e. The lowest BCUT2D eigenvalue weighted by atomic mass is 9.93. The Kier molecular flexibility index (Phi) is 4.76. The van der Waals surface area contributed by atoms with Crippen molar-refractivity contribution < 1.29 is 4.79 Å². The second kappa shape index (κ2) is 7.10. The highest BCUT2D eigenvalue weighted by molar-refractivity contribution is 7.15. The lowest BCUT2D eigenvalue weighted by Gasteiger charge is -2.32. The molecule has 0 unspecified atom stereocenters. The lowest BCUT2D eigenvalue weighted by Crippen LogP contribution is -2.47. The molecule has 0 saturated heterocycles. The Labute approximate surface area is 170 Å². The van der Waals surface area contributed by atoms with E-state index in [1.807, 2.05) is 6.92 Å². The molecule has 5 heteroatoms. The van der Waals surface area contributed by atoms with Gasteiger partial charge in [0.25, 0.3) is 0 Å². The Morgan fingerprint density at radius 1 is 1.36 bits per heavy atom. The van der Waals surface area contributed by atoms with Gasteiger partial charge in [0.1, 0.15) is 5.54 Å². The van der Waals surface area contributed by atoms with Crippen LogP contribution in [0.2, 0.25) is 0 Å². The third-order valence-electron chi connectivity index (χ3n) is 5.42. The largest absolute Gasteiger partial charge is 0.369 e. The number of hydrogen-bond donors (Lipinski definition) is 1. The van der Waals surface area contributed by atoms with Crippen molar-refractivity contribution in [2.45, 2.75) is 45.1 Å². The Hall–Kier alpha value is -2.58. The predicted molar refractivity (Wildman–Crippen MR) is 115 cm³/mol. The molecule has 1 aliphatic carbocycles. The van der Waals surface area contributed by atoms with Crippen LogP contribution in [0.4, 0.5) is 0 Å². The lowest BCUT2D eigenvalue weighted by molar-refractivity contribution is -0.128. The molecule has 0 radical (unpaired) electrons. The van der Waals surface area contributed by atoms with E-state index in [1.165, 1.54) is 33.7 Å². The quantitative estimate of drug-likeness (QED) is 0.800. The van der Waals surface area contributed by atoms with Gasteiger partial charge in [0, 0.05) is 28.3 Å². The van der Waals surface area contributed by atoms with Gasteiger partial charge >= 0.3 is 0 Å². The maximum atomic E-state index is 12.4. The van der Waals surface area contributed by atoms with Gasteiger partial charge in [-0.05, 0) is 55.5 Å². The van der Waals surface area contributed by atoms with E-state index >= 15 is 0 Å². The zero-order valence-corrected chi connectivity index (χ0v) is 17.4. The van der Waals surface area contributed by atoms with E-state index in [1.54, 1.807) is 18.4 Å². The van der Waals surface area contributed by atoms with Crippen molar-refractivity contribution >= 4 is 23.2 Å². The van der Waals surface area contributed by atoms with Crippen LogP contribution in [0.3, 0.4) is 0 Å². The molecule has 144 valence electrons. The molecule has 4 nitrogen and oxygen atoms in total. The molecular weight excluding hydrogens is 366 g/mol. The summed E-state index contributed by atoms with van der Waals surface area (Å²) in [6.07, 6.45) is 3.72. The van der Waals surface area contributed by atoms with Gasteiger partial charge in [-0.15, -0.1) is 11.3 Å². The predicted octanol–water partition coefficient (Wildman–Crippen LogP) is 4.13. The SMILES string of the molecule is CCc1cc([C@]2(C)CC(=O)N(C)C(N)=N2)sc1-c1cccc(C#CC2CC2)c1. The molecule has 1 aromatic carbocycles. The van der Waals surface area contributed by atoms with E-state index in [2.05, 4.69) is 54.1 Å². The van der Waals surface area contributed by atoms with E-state index in [4.69, 9.17) is 5.73 Å². The summed E-state index contributed by atoms with van der Waals surface area (Å²) in [7, 11) is 1.67. The van der Waals surface area contributed by atoms with Crippen molar-refractivity contribution in [2.75, 3.05) is 7.05 Å². The molecule has 0 bridgehead atoms. The third-order valence-corrected chi connectivity index (χ3v) is 6.90. The average Bonchev–Trinajstić information content (AvgIpc) is 3.40. The number of aryl methyl sites for hydroxylation is 1. The number of benzene rings is 1. The van der Waals surface area contributed by atoms with Crippen molar-refractivity contribution in [1.29, 1.82) is 0 Å². The monoisotopic (exact) mass is 391 g/mol. The van der Waals surface area contributed by atoms with Crippen LogP contribution in [0.5, 0.6) is 0 Å². The molecule has 2 heterocycles. The summed E-state index contributed by atoms with van der Waals surface area (Å²) in [5.41, 5.74) is 8.90. The fourth-order valence-corrected chi connectivity index (χ4v) is 4.74. The van der Waals surface area contributed by atoms with Gasteiger partial charge in [-0.25, -0.2) is 4.99 Å². The van der Waals surface area contributed by atoms with Crippen LogP contribution < -0.4 is 5.73 Å². The second-order valence-electron chi connectivity index (χ2n) is 7.82. The molecule has 0 spiro atoms. The summed E-state index contributed by atoms with van der Waals surface area (Å²) in [5.74, 6) is 7.52. The van der Waals surface area contributed by atoms with Crippen LogP contribution in [0.25, 0.3) is 10.4 Å². The first-order chi connectivity index (χ1) is 13.4. The number of nitrogens with two attached hydrogens (primary N) is 1. The molecule has 1 aromatic heterocycles. The van der Waals surface area contributed by atoms with Crippen molar-refractivity contribution in [2.24, 2.45) is 16.6 Å². The van der Waals surface area contributed by atoms with Gasteiger partial charge in [-0.2, -0.15) is 0 Å². The van der Waals surface area contributed by atoms with Gasteiger partial charge in [0.2, 0.25) is 5.91 Å². The highest BCUT2D eigenvalue weighted by Crippen LogP contribution is 2.42. The Bertz CT molecular complexity index is 1020. The van der Waals surface area contributed by atoms with Crippen LogP contribution in [-0.4, -0.2) is 23.8 Å². The maximum absolute atomic E-state index is 12.4. The van der Waals surface area contributed by atoms with Crippen LogP contribution in [0, 0.1) is 17.8 Å². The summed E-state index contributed by atoms with van der Waals surface area (Å²) >= 11 is 1.71. The topological polar surface area (TPSA) is 58.7 Å². The first-order valence-electron chi connectivity index (χ1n) is 9.76. The summed E-state index contributed by atoms with van der Waals surface area (Å²) < 4.78 is 0. The molecule has 1 atom stereocenters. The van der Waals surface area contributed by atoms with Gasteiger partial charge in [0.15, 0.2) is 5.96 Å². The normalized spacial score (nSPS) is 21.9. The fraction of sp³-hybridized carbons (Fsp3) is 0.391. The zero-order chi connectivity index (χ0) is 19.9. The highest BCUT2D eigenvalue weighted by atomic mass is 32.1. The first kappa shape index (κ1) is 18.8. The van der Waals surface area contributed by atoms with E-state index in [0.717, 1.165) is 16.9 Å². The second-order valence-corrected chi connectivity index (χ2v) is 8.87. The van der Waals surface area contributed by atoms with E-state index in [0.29, 0.717) is 12.3 Å². The first-order valence-corrected chi connectivity index (χ1v) is 10.6. The minimum absolute atomic E-state index is 0.000321. The van der Waals surface area contributed by atoms with Gasteiger partial charge < -0.3 is 5.73 Å². The molecule has 2 N–H and O–H groups in total. The molecule has 1 saturated carbocycles. The molecule has 1 amide bonds. The van der Waals surface area contributed by atoms with Crippen LogP contribution >= 0.6 is 11.3 Å². The summed E-state index contributed by atoms with van der Waals surface area (Å²) in [6, 6.07) is 10.6. The minimum atomic E-state index is -0.607. The molecule has 28 heavy (non-hydrogen) atoms. The fourth-order valence-electron chi connectivity index (χ4n) is 3.40. The van der Waals surface area contributed by atoms with Crippen LogP contribution in [0.15, 0.2) is 35.3 Å². The molecule has 1 fully saturated rings. The van der Waals surface area contributed by atoms with Crippen molar-refractivity contribution in [3.63, 3.8) is 0 Å². The van der Waals surface area contributed by atoms with Crippen LogP contribution in [0.1, 0.15) is 49.1 Å². The Morgan fingerprint density at radius 3 is 2.82 bits per heavy atom. The summed E-state index contributed by atoms with van der Waals surface area (Å²) in [6.45, 7) is 4.16. The minimum Gasteiger partial charge on any atom is -0.369 e. The standard InChI is InChI=1S/C23H25N3OS/c1-4-17-13-19(23(2)14-20(27)26(3)22(24)25-23)28-21(17)18-7-5-6-16(12-18)11-10-15-8-9-15/h5-7,12-13,15H,4,8-9,14H2,1-3H3,(H2,24,25)/t23-/m0/s1. The number of thiophene rings is 1. The van der Waals surface area contributed by atoms with Crippen molar-refractivity contribution in [1.82, 2.24) is 4.90 Å². The molecule has 1 aliphatic heterocycles. The third kappa shape index (κ3) is 3.57. The number of amides is 1. The van der Waals surface area contributed by atoms with E-state index in [-0.39, 0.29) is 11.9 Å². The molecular formula is C23H25N3OS. The van der Waals surface area contributed by atoms with Gasteiger partial charge in [-0.3, -0.25) is 9.69 Å². The van der Waals surface area contributed by atoms with E-state index in [9.17, 15) is 4.79 Å². The van der Waals surface area contributed by atoms with Gasteiger partial charge in [0.05, 0.1) is 6.42 Å². The smallest absolute Gasteiger partial charge is 0.231 e. The number of carbonyl (C=O) groups excluding carboxylic acids is 1. The van der Waals surface area contributed by atoms with Crippen LogP contribution in [-0.2, 0) is 16.8 Å². The molecule has 4 rings (SSSR count). The molecule has 2 aromatic rings. The van der Waals surface area contributed by atoms with Crippen molar-refractivity contribution in [3.8, 4) is 22.3 Å². The van der Waals surface area contributed by atoms with Crippen molar-refractivity contribution in [3.05, 3.63) is 46.3 Å². The Balaban J connectivity index is 1.72. The number of nitrogens with zero attached hydrogens (tertiary/aromatic N) is 2. The number of carbonyl (C=O) groups is 1. The number of hydrogen-bond acceptors (Lipinski definition) is 4.